The van der Waals surface area contributed by atoms with Crippen molar-refractivity contribution in [1.82, 2.24) is 9.97 Å². The Morgan fingerprint density at radius 1 is 1.11 bits per heavy atom. The standard InChI is InChI=1S/C26H21ClF3N3O2S/c1-14(2)22-21(17-8-9-20(27)19(12-17)26(28,29)30)32-25(36-22)33-23-18(24(34)35)11-16(13-31-23)10-15-6-4-3-5-7-15/h3-9,11-14H,10H2,1-2H3,(H,34,35)(H,31,32,33). The first-order chi connectivity index (χ1) is 17.0. The summed E-state index contributed by atoms with van der Waals surface area (Å²) in [5.74, 6) is -1.10. The molecule has 0 saturated carbocycles. The molecule has 0 spiro atoms. The first-order valence-corrected chi connectivity index (χ1v) is 12.1. The van der Waals surface area contributed by atoms with E-state index in [0.29, 0.717) is 17.2 Å². The highest BCUT2D eigenvalue weighted by molar-refractivity contribution is 7.16. The molecule has 5 nitrogen and oxygen atoms in total. The number of carboxylic acids is 1. The number of pyridine rings is 1. The number of thiazole rings is 1. The summed E-state index contributed by atoms with van der Waals surface area (Å²) in [5.41, 5.74) is 1.41. The van der Waals surface area contributed by atoms with Crippen LogP contribution in [-0.2, 0) is 12.6 Å². The van der Waals surface area contributed by atoms with E-state index in [2.05, 4.69) is 15.3 Å². The van der Waals surface area contributed by atoms with Gasteiger partial charge in [-0.15, -0.1) is 11.3 Å². The van der Waals surface area contributed by atoms with Crippen molar-refractivity contribution in [3.05, 3.63) is 92.9 Å². The minimum absolute atomic E-state index is 0.0304. The van der Waals surface area contributed by atoms with Crippen molar-refractivity contribution in [2.75, 3.05) is 5.32 Å². The van der Waals surface area contributed by atoms with Crippen LogP contribution in [0.5, 0.6) is 0 Å². The molecule has 0 fully saturated rings. The topological polar surface area (TPSA) is 75.1 Å². The summed E-state index contributed by atoms with van der Waals surface area (Å²) in [6, 6.07) is 14.8. The molecule has 10 heteroatoms. The molecular weight excluding hydrogens is 511 g/mol. The molecule has 0 bridgehead atoms. The summed E-state index contributed by atoms with van der Waals surface area (Å²) < 4.78 is 40.2. The van der Waals surface area contributed by atoms with Crippen LogP contribution in [-0.4, -0.2) is 21.0 Å². The van der Waals surface area contributed by atoms with Gasteiger partial charge in [0.05, 0.1) is 16.3 Å². The van der Waals surface area contributed by atoms with Gasteiger partial charge in [-0.2, -0.15) is 13.2 Å². The molecule has 0 radical (unpaired) electrons. The Hall–Kier alpha value is -3.43. The van der Waals surface area contributed by atoms with Gasteiger partial charge in [-0.25, -0.2) is 14.8 Å². The zero-order valence-corrected chi connectivity index (χ0v) is 20.8. The van der Waals surface area contributed by atoms with Gasteiger partial charge in [0.1, 0.15) is 11.4 Å². The molecule has 0 atom stereocenters. The molecule has 2 heterocycles. The van der Waals surface area contributed by atoms with Crippen molar-refractivity contribution in [2.24, 2.45) is 0 Å². The third kappa shape index (κ3) is 5.68. The molecule has 0 unspecified atom stereocenters. The van der Waals surface area contributed by atoms with Gasteiger partial charge >= 0.3 is 12.1 Å². The van der Waals surface area contributed by atoms with Crippen LogP contribution in [0.4, 0.5) is 24.1 Å². The number of carbonyl (C=O) groups is 1. The lowest BCUT2D eigenvalue weighted by molar-refractivity contribution is -0.137. The average molecular weight is 532 g/mol. The van der Waals surface area contributed by atoms with E-state index in [9.17, 15) is 23.1 Å². The number of hydrogen-bond acceptors (Lipinski definition) is 5. The normalized spacial score (nSPS) is 11.6. The fourth-order valence-corrected chi connectivity index (χ4v) is 4.89. The Balaban J connectivity index is 1.69. The van der Waals surface area contributed by atoms with Crippen LogP contribution in [0.2, 0.25) is 5.02 Å². The highest BCUT2D eigenvalue weighted by atomic mass is 35.5. The van der Waals surface area contributed by atoms with E-state index in [4.69, 9.17) is 11.6 Å². The van der Waals surface area contributed by atoms with Crippen LogP contribution in [0.15, 0.2) is 60.8 Å². The van der Waals surface area contributed by atoms with Crippen LogP contribution >= 0.6 is 22.9 Å². The van der Waals surface area contributed by atoms with E-state index in [0.717, 1.165) is 22.1 Å². The van der Waals surface area contributed by atoms with E-state index in [1.807, 2.05) is 44.2 Å². The first kappa shape index (κ1) is 25.7. The van der Waals surface area contributed by atoms with Gasteiger partial charge in [0, 0.05) is 16.6 Å². The zero-order valence-electron chi connectivity index (χ0n) is 19.2. The van der Waals surface area contributed by atoms with Crippen molar-refractivity contribution < 1.29 is 23.1 Å². The smallest absolute Gasteiger partial charge is 0.417 e. The molecule has 0 saturated heterocycles. The molecule has 2 N–H and O–H groups in total. The molecule has 0 amide bonds. The lowest BCUT2D eigenvalue weighted by Crippen LogP contribution is -2.06. The van der Waals surface area contributed by atoms with E-state index in [-0.39, 0.29) is 22.9 Å². The van der Waals surface area contributed by atoms with Gasteiger partial charge in [-0.05, 0) is 41.7 Å². The predicted octanol–water partition coefficient (Wildman–Crippen LogP) is 8.03. The van der Waals surface area contributed by atoms with E-state index < -0.39 is 22.7 Å². The third-order valence-corrected chi connectivity index (χ3v) is 6.98. The van der Waals surface area contributed by atoms with Gasteiger partial charge in [0.2, 0.25) is 0 Å². The molecule has 36 heavy (non-hydrogen) atoms. The Labute approximate surface area is 214 Å². The predicted molar refractivity (Wildman–Crippen MR) is 135 cm³/mol. The number of nitrogens with one attached hydrogen (secondary N) is 1. The Kier molecular flexibility index (Phi) is 7.33. The molecule has 2 aromatic heterocycles. The van der Waals surface area contributed by atoms with Crippen LogP contribution in [0.1, 0.15) is 51.7 Å². The maximum atomic E-state index is 13.4. The molecule has 0 aliphatic rings. The Bertz CT molecular complexity index is 1410. The number of carboxylic acid groups (broad SMARTS) is 1. The van der Waals surface area contributed by atoms with Gasteiger partial charge in [-0.1, -0.05) is 61.8 Å². The molecule has 0 aliphatic carbocycles. The second kappa shape index (κ2) is 10.3. The maximum absolute atomic E-state index is 13.4. The summed E-state index contributed by atoms with van der Waals surface area (Å²) >= 11 is 7.01. The molecule has 4 aromatic rings. The van der Waals surface area contributed by atoms with Gasteiger partial charge < -0.3 is 10.4 Å². The van der Waals surface area contributed by atoms with E-state index >= 15 is 0 Å². The van der Waals surface area contributed by atoms with Crippen molar-refractivity contribution in [1.29, 1.82) is 0 Å². The summed E-state index contributed by atoms with van der Waals surface area (Å²) in [4.78, 5) is 21.5. The van der Waals surface area contributed by atoms with Crippen molar-refractivity contribution >= 4 is 39.9 Å². The number of hydrogen-bond donors (Lipinski definition) is 2. The number of aromatic carboxylic acids is 1. The Morgan fingerprint density at radius 3 is 2.47 bits per heavy atom. The van der Waals surface area contributed by atoms with Gasteiger partial charge in [0.15, 0.2) is 5.13 Å². The van der Waals surface area contributed by atoms with Crippen LogP contribution in [0.3, 0.4) is 0 Å². The van der Waals surface area contributed by atoms with Crippen molar-refractivity contribution in [3.63, 3.8) is 0 Å². The summed E-state index contributed by atoms with van der Waals surface area (Å²) in [6.45, 7) is 3.81. The maximum Gasteiger partial charge on any atom is 0.417 e. The monoisotopic (exact) mass is 531 g/mol. The summed E-state index contributed by atoms with van der Waals surface area (Å²) in [6.07, 6.45) is -2.50. The quantitative estimate of drug-likeness (QED) is 0.252. The lowest BCUT2D eigenvalue weighted by Gasteiger charge is -2.11. The van der Waals surface area contributed by atoms with E-state index in [1.54, 1.807) is 12.3 Å². The van der Waals surface area contributed by atoms with Crippen LogP contribution in [0.25, 0.3) is 11.3 Å². The Morgan fingerprint density at radius 2 is 1.83 bits per heavy atom. The first-order valence-electron chi connectivity index (χ1n) is 10.9. The molecule has 0 aliphatic heterocycles. The zero-order chi connectivity index (χ0) is 26.0. The second-order valence-corrected chi connectivity index (χ2v) is 9.85. The average Bonchev–Trinajstić information content (AvgIpc) is 3.24. The van der Waals surface area contributed by atoms with Crippen LogP contribution < -0.4 is 5.32 Å². The van der Waals surface area contributed by atoms with Gasteiger partial charge in [0.25, 0.3) is 0 Å². The number of alkyl halides is 3. The number of aromatic nitrogens is 2. The molecule has 2 aromatic carbocycles. The van der Waals surface area contributed by atoms with Gasteiger partial charge in [-0.3, -0.25) is 0 Å². The van der Waals surface area contributed by atoms with Crippen LogP contribution in [0, 0.1) is 0 Å². The summed E-state index contributed by atoms with van der Waals surface area (Å²) in [7, 11) is 0. The number of anilines is 2. The summed E-state index contributed by atoms with van der Waals surface area (Å²) in [5, 5.41) is 12.7. The fourth-order valence-electron chi connectivity index (χ4n) is 3.67. The third-order valence-electron chi connectivity index (χ3n) is 5.37. The number of rotatable bonds is 7. The highest BCUT2D eigenvalue weighted by Gasteiger charge is 2.34. The molecule has 4 rings (SSSR count). The van der Waals surface area contributed by atoms with Crippen molar-refractivity contribution in [3.8, 4) is 11.3 Å². The lowest BCUT2D eigenvalue weighted by atomic mass is 10.0. The van der Waals surface area contributed by atoms with Crippen molar-refractivity contribution in [2.45, 2.75) is 32.4 Å². The molecule has 186 valence electrons. The molecular formula is C26H21ClF3N3O2S. The highest BCUT2D eigenvalue weighted by Crippen LogP contribution is 2.41. The SMILES string of the molecule is CC(C)c1sc(Nc2ncc(Cc3ccccc3)cc2C(=O)O)nc1-c1ccc(Cl)c(C(F)(F)F)c1. The fraction of sp³-hybridized carbons (Fsp3) is 0.192. The largest absolute Gasteiger partial charge is 0.478 e. The van der Waals surface area contributed by atoms with E-state index in [1.165, 1.54) is 23.5 Å². The minimum atomic E-state index is -4.61. The number of nitrogens with zero attached hydrogens (tertiary/aromatic N) is 2. The second-order valence-electron chi connectivity index (χ2n) is 8.41. The minimum Gasteiger partial charge on any atom is -0.478 e. The number of benzene rings is 2. The number of halogens is 4.